The first-order valence-corrected chi connectivity index (χ1v) is 9.26. The van der Waals surface area contributed by atoms with Gasteiger partial charge in [0.2, 0.25) is 0 Å². The van der Waals surface area contributed by atoms with Gasteiger partial charge >= 0.3 is 0 Å². The lowest BCUT2D eigenvalue weighted by Crippen LogP contribution is -2.34. The van der Waals surface area contributed by atoms with Crippen LogP contribution in [0.15, 0.2) is 24.5 Å². The fourth-order valence-corrected chi connectivity index (χ4v) is 3.76. The molecule has 7 nitrogen and oxygen atoms in total. The number of nitrogens with one attached hydrogen (secondary N) is 1. The van der Waals surface area contributed by atoms with E-state index in [0.717, 1.165) is 26.1 Å². The molecule has 1 unspecified atom stereocenters. The van der Waals surface area contributed by atoms with Crippen molar-refractivity contribution in [1.29, 1.82) is 0 Å². The molecule has 1 aliphatic heterocycles. The van der Waals surface area contributed by atoms with Crippen LogP contribution in [0.1, 0.15) is 47.1 Å². The summed E-state index contributed by atoms with van der Waals surface area (Å²) in [4.78, 5) is 14.5. The minimum absolute atomic E-state index is 0.0412. The zero-order chi connectivity index (χ0) is 18.5. The highest BCUT2D eigenvalue weighted by Crippen LogP contribution is 2.32. The van der Waals surface area contributed by atoms with Crippen LogP contribution < -0.4 is 5.32 Å². The van der Waals surface area contributed by atoms with Crippen LogP contribution in [-0.4, -0.2) is 52.5 Å². The van der Waals surface area contributed by atoms with Gasteiger partial charge in [0.05, 0.1) is 25.4 Å². The number of rotatable bonds is 7. The average Bonchev–Trinajstić information content (AvgIpc) is 3.26. The van der Waals surface area contributed by atoms with Crippen LogP contribution in [0.5, 0.6) is 0 Å². The van der Waals surface area contributed by atoms with Gasteiger partial charge in [0, 0.05) is 45.2 Å². The topological polar surface area (TPSA) is 64.3 Å². The predicted octanol–water partition coefficient (Wildman–Crippen LogP) is 1.95. The maximum absolute atomic E-state index is 12.0. The standard InChI is InChI=1S/C19H29N5O2/c1-20-19(25)18-8-7-16(22(18)2)17-6-4-5-9-23(17)13-15-12-21-24(14-15)10-11-26-3/h7-8,12,14,17H,4-6,9-11,13H2,1-3H3,(H,20,25). The van der Waals surface area contributed by atoms with Gasteiger partial charge in [-0.1, -0.05) is 6.42 Å². The van der Waals surface area contributed by atoms with E-state index in [-0.39, 0.29) is 5.91 Å². The van der Waals surface area contributed by atoms with Crippen LogP contribution in [0.4, 0.5) is 0 Å². The fraction of sp³-hybridized carbons (Fsp3) is 0.579. The van der Waals surface area contributed by atoms with Gasteiger partial charge in [0.15, 0.2) is 0 Å². The number of carbonyl (C=O) groups is 1. The summed E-state index contributed by atoms with van der Waals surface area (Å²) < 4.78 is 9.08. The van der Waals surface area contributed by atoms with Crippen molar-refractivity contribution in [3.63, 3.8) is 0 Å². The summed E-state index contributed by atoms with van der Waals surface area (Å²) in [5.74, 6) is -0.0412. The Kier molecular flexibility index (Phi) is 6.11. The predicted molar refractivity (Wildman–Crippen MR) is 99.9 cm³/mol. The van der Waals surface area contributed by atoms with E-state index in [1.807, 2.05) is 28.6 Å². The molecule has 2 aromatic heterocycles. The minimum Gasteiger partial charge on any atom is -0.383 e. The van der Waals surface area contributed by atoms with Gasteiger partial charge < -0.3 is 14.6 Å². The molecular weight excluding hydrogens is 330 g/mol. The first-order chi connectivity index (χ1) is 12.6. The Morgan fingerprint density at radius 1 is 1.38 bits per heavy atom. The molecule has 0 radical (unpaired) electrons. The van der Waals surface area contributed by atoms with Crippen molar-refractivity contribution in [1.82, 2.24) is 24.6 Å². The summed E-state index contributed by atoms with van der Waals surface area (Å²) in [6.07, 6.45) is 7.59. The maximum Gasteiger partial charge on any atom is 0.267 e. The Morgan fingerprint density at radius 3 is 3.00 bits per heavy atom. The molecule has 0 bridgehead atoms. The van der Waals surface area contributed by atoms with Gasteiger partial charge in [-0.15, -0.1) is 0 Å². The number of aromatic nitrogens is 3. The van der Waals surface area contributed by atoms with E-state index in [2.05, 4.69) is 27.6 Å². The van der Waals surface area contributed by atoms with Gasteiger partial charge in [-0.25, -0.2) is 0 Å². The molecule has 0 aromatic carbocycles. The summed E-state index contributed by atoms with van der Waals surface area (Å²) >= 11 is 0. The van der Waals surface area contributed by atoms with Crippen molar-refractivity contribution in [3.8, 4) is 0 Å². The van der Waals surface area contributed by atoms with E-state index in [0.29, 0.717) is 18.3 Å². The highest BCUT2D eigenvalue weighted by Gasteiger charge is 2.27. The zero-order valence-electron chi connectivity index (χ0n) is 15.9. The Balaban J connectivity index is 1.75. The second-order valence-electron chi connectivity index (χ2n) is 6.87. The van der Waals surface area contributed by atoms with Crippen molar-refractivity contribution < 1.29 is 9.53 Å². The van der Waals surface area contributed by atoms with E-state index < -0.39 is 0 Å². The molecule has 1 fully saturated rings. The van der Waals surface area contributed by atoms with Crippen molar-refractivity contribution in [2.75, 3.05) is 27.3 Å². The Morgan fingerprint density at radius 2 is 2.23 bits per heavy atom. The molecule has 1 aliphatic rings. The molecule has 2 aromatic rings. The molecule has 7 heteroatoms. The second-order valence-corrected chi connectivity index (χ2v) is 6.87. The number of methoxy groups -OCH3 is 1. The molecule has 1 amide bonds. The van der Waals surface area contributed by atoms with Crippen LogP contribution in [0, 0.1) is 0 Å². The third-order valence-electron chi connectivity index (χ3n) is 5.17. The van der Waals surface area contributed by atoms with Crippen LogP contribution in [-0.2, 0) is 24.9 Å². The summed E-state index contributed by atoms with van der Waals surface area (Å²) in [6.45, 7) is 3.37. The van der Waals surface area contributed by atoms with Crippen molar-refractivity contribution in [2.24, 2.45) is 7.05 Å². The average molecular weight is 359 g/mol. The van der Waals surface area contributed by atoms with Crippen molar-refractivity contribution >= 4 is 5.91 Å². The second kappa shape index (κ2) is 8.51. The molecular formula is C19H29N5O2. The summed E-state index contributed by atoms with van der Waals surface area (Å²) in [5.41, 5.74) is 3.13. The molecule has 0 spiro atoms. The van der Waals surface area contributed by atoms with Gasteiger partial charge in [0.1, 0.15) is 5.69 Å². The van der Waals surface area contributed by atoms with Crippen LogP contribution in [0.2, 0.25) is 0 Å². The third kappa shape index (κ3) is 3.99. The van der Waals surface area contributed by atoms with Gasteiger partial charge in [0.25, 0.3) is 5.91 Å². The third-order valence-corrected chi connectivity index (χ3v) is 5.17. The molecule has 0 saturated carbocycles. The van der Waals surface area contributed by atoms with E-state index in [1.54, 1.807) is 14.2 Å². The molecule has 26 heavy (non-hydrogen) atoms. The van der Waals surface area contributed by atoms with E-state index in [4.69, 9.17) is 4.74 Å². The van der Waals surface area contributed by atoms with Crippen LogP contribution in [0.3, 0.4) is 0 Å². The number of hydrogen-bond acceptors (Lipinski definition) is 4. The highest BCUT2D eigenvalue weighted by atomic mass is 16.5. The number of piperidine rings is 1. The molecule has 1 N–H and O–H groups in total. The highest BCUT2D eigenvalue weighted by molar-refractivity contribution is 5.92. The number of nitrogens with zero attached hydrogens (tertiary/aromatic N) is 4. The number of amides is 1. The molecule has 142 valence electrons. The smallest absolute Gasteiger partial charge is 0.267 e. The lowest BCUT2D eigenvalue weighted by molar-refractivity contribution is 0.0952. The van der Waals surface area contributed by atoms with Crippen LogP contribution in [0.25, 0.3) is 0 Å². The van der Waals surface area contributed by atoms with Crippen LogP contribution >= 0.6 is 0 Å². The SMILES string of the molecule is CNC(=O)c1ccc(C2CCCCN2Cc2cnn(CCOC)c2)n1C. The van der Waals surface area contributed by atoms with Gasteiger partial charge in [-0.3, -0.25) is 14.4 Å². The monoisotopic (exact) mass is 359 g/mol. The lowest BCUT2D eigenvalue weighted by Gasteiger charge is -2.36. The minimum atomic E-state index is -0.0412. The molecule has 3 rings (SSSR count). The maximum atomic E-state index is 12.0. The number of carbonyl (C=O) groups excluding carboxylic acids is 1. The number of hydrogen-bond donors (Lipinski definition) is 1. The number of ether oxygens (including phenoxy) is 1. The van der Waals surface area contributed by atoms with E-state index >= 15 is 0 Å². The fourth-order valence-electron chi connectivity index (χ4n) is 3.76. The molecule has 1 atom stereocenters. The normalized spacial score (nSPS) is 18.2. The lowest BCUT2D eigenvalue weighted by atomic mass is 9.99. The molecule has 1 saturated heterocycles. The Bertz CT molecular complexity index is 736. The Hall–Kier alpha value is -2.12. The summed E-state index contributed by atoms with van der Waals surface area (Å²) in [5, 5.41) is 7.14. The first-order valence-electron chi connectivity index (χ1n) is 9.26. The summed E-state index contributed by atoms with van der Waals surface area (Å²) in [7, 11) is 5.36. The van der Waals surface area contributed by atoms with E-state index in [1.165, 1.54) is 24.1 Å². The zero-order valence-corrected chi connectivity index (χ0v) is 15.9. The number of likely N-dealkylation sites (tertiary alicyclic amines) is 1. The van der Waals surface area contributed by atoms with Crippen molar-refractivity contribution in [3.05, 3.63) is 41.5 Å². The van der Waals surface area contributed by atoms with E-state index in [9.17, 15) is 4.79 Å². The summed E-state index contributed by atoms with van der Waals surface area (Å²) in [6, 6.07) is 4.34. The van der Waals surface area contributed by atoms with Crippen molar-refractivity contribution in [2.45, 2.75) is 38.4 Å². The van der Waals surface area contributed by atoms with Gasteiger partial charge in [-0.05, 0) is 31.5 Å². The molecule has 0 aliphatic carbocycles. The quantitative estimate of drug-likeness (QED) is 0.821. The largest absolute Gasteiger partial charge is 0.383 e. The first kappa shape index (κ1) is 18.7. The Labute approximate surface area is 154 Å². The molecule has 3 heterocycles. The van der Waals surface area contributed by atoms with Gasteiger partial charge in [-0.2, -0.15) is 5.10 Å².